The first-order chi connectivity index (χ1) is 9.19. The fourth-order valence-electron chi connectivity index (χ4n) is 1.73. The van der Waals surface area contributed by atoms with E-state index in [1.807, 2.05) is 31.2 Å². The summed E-state index contributed by atoms with van der Waals surface area (Å²) in [5.74, 6) is 0.513. The van der Waals surface area contributed by atoms with Crippen LogP contribution in [0.2, 0.25) is 0 Å². The summed E-state index contributed by atoms with van der Waals surface area (Å²) >= 11 is 0. The van der Waals surface area contributed by atoms with E-state index in [-0.39, 0.29) is 0 Å². The van der Waals surface area contributed by atoms with Gasteiger partial charge < -0.3 is 19.9 Å². The highest BCUT2D eigenvalue weighted by Gasteiger charge is 2.14. The van der Waals surface area contributed by atoms with Crippen LogP contribution in [0.3, 0.4) is 0 Å². The fourth-order valence-corrected chi connectivity index (χ4v) is 1.73. The summed E-state index contributed by atoms with van der Waals surface area (Å²) < 4.78 is 10.7. The van der Waals surface area contributed by atoms with E-state index in [1.54, 1.807) is 7.11 Å². The van der Waals surface area contributed by atoms with Gasteiger partial charge in [-0.05, 0) is 18.6 Å². The van der Waals surface area contributed by atoms with E-state index in [0.717, 1.165) is 6.42 Å². The van der Waals surface area contributed by atoms with E-state index >= 15 is 0 Å². The third-order valence-electron chi connectivity index (χ3n) is 2.69. The Kier molecular flexibility index (Phi) is 6.74. The van der Waals surface area contributed by atoms with Crippen LogP contribution < -0.4 is 14.8 Å². The molecule has 0 aliphatic rings. The third kappa shape index (κ3) is 5.18. The summed E-state index contributed by atoms with van der Waals surface area (Å²) in [5, 5.41) is 11.9. The molecule has 1 aromatic carbocycles. The highest BCUT2D eigenvalue weighted by Crippen LogP contribution is 2.25. The first-order valence-electron chi connectivity index (χ1n) is 6.41. The lowest BCUT2D eigenvalue weighted by molar-refractivity contribution is -0.139. The van der Waals surface area contributed by atoms with E-state index < -0.39 is 12.0 Å². The molecule has 0 saturated heterocycles. The van der Waals surface area contributed by atoms with Gasteiger partial charge in [0.2, 0.25) is 0 Å². The van der Waals surface area contributed by atoms with Crippen LogP contribution in [0.5, 0.6) is 11.5 Å². The number of hydrogen-bond acceptors (Lipinski definition) is 4. The van der Waals surface area contributed by atoms with Crippen LogP contribution in [-0.4, -0.2) is 37.4 Å². The Morgan fingerprint density at radius 1 is 1.37 bits per heavy atom. The highest BCUT2D eigenvalue weighted by atomic mass is 16.5. The van der Waals surface area contributed by atoms with Gasteiger partial charge in [-0.1, -0.05) is 25.5 Å². The van der Waals surface area contributed by atoms with Crippen LogP contribution in [0.15, 0.2) is 24.3 Å². The molecule has 0 aromatic heterocycles. The van der Waals surface area contributed by atoms with Gasteiger partial charge in [0, 0.05) is 6.54 Å². The SMILES string of the molecule is CCCC(NCCOc1ccccc1OC)C(=O)O. The molecule has 2 N–H and O–H groups in total. The molecule has 0 spiro atoms. The van der Waals surface area contributed by atoms with Crippen molar-refractivity contribution in [3.8, 4) is 11.5 Å². The molecule has 0 radical (unpaired) electrons. The van der Waals surface area contributed by atoms with Crippen molar-refractivity contribution >= 4 is 5.97 Å². The lowest BCUT2D eigenvalue weighted by atomic mass is 10.2. The number of para-hydroxylation sites is 2. The highest BCUT2D eigenvalue weighted by molar-refractivity contribution is 5.73. The minimum atomic E-state index is -0.820. The van der Waals surface area contributed by atoms with Crippen LogP contribution >= 0.6 is 0 Å². The average Bonchev–Trinajstić information content (AvgIpc) is 2.42. The topological polar surface area (TPSA) is 67.8 Å². The number of carbonyl (C=O) groups is 1. The Morgan fingerprint density at radius 2 is 2.05 bits per heavy atom. The second-order valence-corrected chi connectivity index (χ2v) is 4.13. The number of methoxy groups -OCH3 is 1. The first-order valence-corrected chi connectivity index (χ1v) is 6.41. The summed E-state index contributed by atoms with van der Waals surface area (Å²) in [6.07, 6.45) is 1.45. The van der Waals surface area contributed by atoms with Gasteiger partial charge in [0.25, 0.3) is 0 Å². The van der Waals surface area contributed by atoms with Crippen LogP contribution in [0.4, 0.5) is 0 Å². The van der Waals surface area contributed by atoms with Gasteiger partial charge in [-0.2, -0.15) is 0 Å². The van der Waals surface area contributed by atoms with Crippen molar-refractivity contribution in [1.82, 2.24) is 5.32 Å². The minimum Gasteiger partial charge on any atom is -0.493 e. The van der Waals surface area contributed by atoms with Crippen LogP contribution in [0.1, 0.15) is 19.8 Å². The zero-order chi connectivity index (χ0) is 14.1. The molecule has 0 aliphatic heterocycles. The molecule has 0 bridgehead atoms. The summed E-state index contributed by atoms with van der Waals surface area (Å²) in [5.41, 5.74) is 0. The maximum Gasteiger partial charge on any atom is 0.320 e. The number of hydrogen-bond donors (Lipinski definition) is 2. The summed E-state index contributed by atoms with van der Waals surface area (Å²) in [6, 6.07) is 6.86. The van der Waals surface area contributed by atoms with Crippen molar-refractivity contribution in [2.45, 2.75) is 25.8 Å². The largest absolute Gasteiger partial charge is 0.493 e. The number of aliphatic carboxylic acids is 1. The third-order valence-corrected chi connectivity index (χ3v) is 2.69. The fraction of sp³-hybridized carbons (Fsp3) is 0.500. The maximum absolute atomic E-state index is 10.9. The Bertz CT molecular complexity index is 395. The molecule has 0 heterocycles. The Labute approximate surface area is 113 Å². The Balaban J connectivity index is 2.35. The van der Waals surface area contributed by atoms with Crippen molar-refractivity contribution < 1.29 is 19.4 Å². The van der Waals surface area contributed by atoms with Crippen LogP contribution in [0, 0.1) is 0 Å². The molecular weight excluding hydrogens is 246 g/mol. The van der Waals surface area contributed by atoms with Gasteiger partial charge in [-0.15, -0.1) is 0 Å². The monoisotopic (exact) mass is 267 g/mol. The predicted octanol–water partition coefficient (Wildman–Crippen LogP) is 1.92. The van der Waals surface area contributed by atoms with Gasteiger partial charge in [0.05, 0.1) is 7.11 Å². The van der Waals surface area contributed by atoms with Crippen LogP contribution in [0.25, 0.3) is 0 Å². The van der Waals surface area contributed by atoms with Gasteiger partial charge in [-0.3, -0.25) is 4.79 Å². The predicted molar refractivity (Wildman–Crippen MR) is 72.8 cm³/mol. The second-order valence-electron chi connectivity index (χ2n) is 4.13. The van der Waals surface area contributed by atoms with E-state index in [9.17, 15) is 4.79 Å². The molecule has 1 rings (SSSR count). The van der Waals surface area contributed by atoms with Crippen LogP contribution in [-0.2, 0) is 4.79 Å². The Hall–Kier alpha value is -1.75. The molecule has 0 amide bonds. The Morgan fingerprint density at radius 3 is 2.63 bits per heavy atom. The molecule has 1 unspecified atom stereocenters. The second kappa shape index (κ2) is 8.37. The van der Waals surface area contributed by atoms with Gasteiger partial charge in [0.1, 0.15) is 12.6 Å². The van der Waals surface area contributed by atoms with Gasteiger partial charge >= 0.3 is 5.97 Å². The number of nitrogens with one attached hydrogen (secondary N) is 1. The van der Waals surface area contributed by atoms with Crippen molar-refractivity contribution in [2.24, 2.45) is 0 Å². The lowest BCUT2D eigenvalue weighted by Crippen LogP contribution is -2.38. The minimum absolute atomic E-state index is 0.397. The number of rotatable bonds is 9. The normalized spacial score (nSPS) is 11.9. The molecule has 1 atom stereocenters. The lowest BCUT2D eigenvalue weighted by Gasteiger charge is -2.14. The molecule has 5 nitrogen and oxygen atoms in total. The summed E-state index contributed by atoms with van der Waals surface area (Å²) in [6.45, 7) is 2.84. The number of benzene rings is 1. The molecule has 106 valence electrons. The van der Waals surface area contributed by atoms with Gasteiger partial charge in [-0.25, -0.2) is 0 Å². The molecule has 0 aliphatic carbocycles. The molecule has 0 fully saturated rings. The van der Waals surface area contributed by atoms with Crippen molar-refractivity contribution in [2.75, 3.05) is 20.3 Å². The molecule has 19 heavy (non-hydrogen) atoms. The summed E-state index contributed by atoms with van der Waals surface area (Å²) in [7, 11) is 1.59. The zero-order valence-corrected chi connectivity index (χ0v) is 11.4. The smallest absolute Gasteiger partial charge is 0.320 e. The number of carboxylic acid groups (broad SMARTS) is 1. The van der Waals surface area contributed by atoms with Crippen molar-refractivity contribution in [3.05, 3.63) is 24.3 Å². The van der Waals surface area contributed by atoms with Crippen molar-refractivity contribution in [1.29, 1.82) is 0 Å². The molecule has 5 heteroatoms. The van der Waals surface area contributed by atoms with E-state index in [0.29, 0.717) is 31.1 Å². The zero-order valence-electron chi connectivity index (χ0n) is 11.4. The van der Waals surface area contributed by atoms with E-state index in [1.165, 1.54) is 0 Å². The first kappa shape index (κ1) is 15.3. The van der Waals surface area contributed by atoms with Crippen molar-refractivity contribution in [3.63, 3.8) is 0 Å². The average molecular weight is 267 g/mol. The van der Waals surface area contributed by atoms with Gasteiger partial charge in [0.15, 0.2) is 11.5 Å². The maximum atomic E-state index is 10.9. The molecule has 0 saturated carbocycles. The van der Waals surface area contributed by atoms with E-state index in [2.05, 4.69) is 5.32 Å². The quantitative estimate of drug-likeness (QED) is 0.669. The number of ether oxygens (including phenoxy) is 2. The summed E-state index contributed by atoms with van der Waals surface area (Å²) in [4.78, 5) is 10.9. The standard InChI is InChI=1S/C14H21NO4/c1-3-6-11(14(16)17)15-9-10-19-13-8-5-4-7-12(13)18-2/h4-5,7-8,11,15H,3,6,9-10H2,1-2H3,(H,16,17). The molecular formula is C14H21NO4. The van der Waals surface area contributed by atoms with E-state index in [4.69, 9.17) is 14.6 Å². The number of carboxylic acids is 1. The molecule has 1 aromatic rings.